The standard InChI is InChI=1S/C14H14ClFN2/c1-9-3-2-4-13(14(9)17)18-8-10-5-6-12(16)11(15)7-10/h2-7,18H,8,17H2,1H3. The molecule has 0 amide bonds. The molecule has 0 saturated carbocycles. The molecule has 94 valence electrons. The summed E-state index contributed by atoms with van der Waals surface area (Å²) in [5.74, 6) is -0.407. The minimum atomic E-state index is -0.407. The molecule has 0 saturated heterocycles. The monoisotopic (exact) mass is 264 g/mol. The van der Waals surface area contributed by atoms with Crippen LogP contribution in [-0.2, 0) is 6.54 Å². The highest BCUT2D eigenvalue weighted by atomic mass is 35.5. The van der Waals surface area contributed by atoms with Gasteiger partial charge in [-0.2, -0.15) is 0 Å². The van der Waals surface area contributed by atoms with E-state index in [1.165, 1.54) is 6.07 Å². The maximum absolute atomic E-state index is 13.0. The van der Waals surface area contributed by atoms with E-state index in [0.717, 1.165) is 22.5 Å². The first-order valence-corrected chi connectivity index (χ1v) is 5.98. The van der Waals surface area contributed by atoms with Crippen LogP contribution in [0.4, 0.5) is 15.8 Å². The summed E-state index contributed by atoms with van der Waals surface area (Å²) in [5, 5.41) is 3.34. The van der Waals surface area contributed by atoms with Crippen LogP contribution in [0, 0.1) is 12.7 Å². The minimum Gasteiger partial charge on any atom is -0.397 e. The van der Waals surface area contributed by atoms with Crippen molar-refractivity contribution in [2.24, 2.45) is 0 Å². The van der Waals surface area contributed by atoms with Crippen LogP contribution in [0.5, 0.6) is 0 Å². The normalized spacial score (nSPS) is 10.4. The molecule has 0 aliphatic rings. The van der Waals surface area contributed by atoms with Crippen LogP contribution in [0.3, 0.4) is 0 Å². The number of aryl methyl sites for hydroxylation is 1. The highest BCUT2D eigenvalue weighted by Gasteiger charge is 2.03. The average Bonchev–Trinajstić information content (AvgIpc) is 2.35. The Balaban J connectivity index is 2.11. The molecule has 4 heteroatoms. The van der Waals surface area contributed by atoms with E-state index in [2.05, 4.69) is 5.32 Å². The highest BCUT2D eigenvalue weighted by Crippen LogP contribution is 2.23. The van der Waals surface area contributed by atoms with E-state index in [4.69, 9.17) is 17.3 Å². The predicted octanol–water partition coefficient (Wildman–Crippen LogP) is 3.98. The first kappa shape index (κ1) is 12.7. The summed E-state index contributed by atoms with van der Waals surface area (Å²) in [5.41, 5.74) is 9.48. The second-order valence-electron chi connectivity index (χ2n) is 4.14. The fourth-order valence-electron chi connectivity index (χ4n) is 1.68. The molecule has 2 aromatic carbocycles. The molecule has 0 bridgehead atoms. The maximum atomic E-state index is 13.0. The second kappa shape index (κ2) is 5.27. The first-order valence-electron chi connectivity index (χ1n) is 5.61. The third kappa shape index (κ3) is 2.74. The predicted molar refractivity (Wildman–Crippen MR) is 74.3 cm³/mol. The molecule has 2 nitrogen and oxygen atoms in total. The number of nitrogens with two attached hydrogens (primary N) is 1. The van der Waals surface area contributed by atoms with Crippen LogP contribution >= 0.6 is 11.6 Å². The number of benzene rings is 2. The lowest BCUT2D eigenvalue weighted by atomic mass is 10.1. The van der Waals surface area contributed by atoms with Crippen LogP contribution in [-0.4, -0.2) is 0 Å². The van der Waals surface area contributed by atoms with Gasteiger partial charge in [0.2, 0.25) is 0 Å². The van der Waals surface area contributed by atoms with Gasteiger partial charge in [-0.1, -0.05) is 29.8 Å². The van der Waals surface area contributed by atoms with Gasteiger partial charge in [0.1, 0.15) is 5.82 Å². The van der Waals surface area contributed by atoms with Crippen molar-refractivity contribution < 1.29 is 4.39 Å². The second-order valence-corrected chi connectivity index (χ2v) is 4.55. The van der Waals surface area contributed by atoms with Gasteiger partial charge in [0, 0.05) is 6.54 Å². The van der Waals surface area contributed by atoms with Gasteiger partial charge >= 0.3 is 0 Å². The number of nitrogens with one attached hydrogen (secondary N) is 1. The van der Waals surface area contributed by atoms with Crippen LogP contribution in [0.25, 0.3) is 0 Å². The van der Waals surface area contributed by atoms with Crippen LogP contribution in [0.15, 0.2) is 36.4 Å². The van der Waals surface area contributed by atoms with Gasteiger partial charge in [-0.3, -0.25) is 0 Å². The van der Waals surface area contributed by atoms with Crippen molar-refractivity contribution in [3.8, 4) is 0 Å². The lowest BCUT2D eigenvalue weighted by Crippen LogP contribution is -2.03. The molecular weight excluding hydrogens is 251 g/mol. The van der Waals surface area contributed by atoms with Crippen molar-refractivity contribution in [2.45, 2.75) is 13.5 Å². The Labute approximate surface area is 111 Å². The van der Waals surface area contributed by atoms with E-state index in [-0.39, 0.29) is 5.02 Å². The molecule has 0 spiro atoms. The van der Waals surface area contributed by atoms with E-state index >= 15 is 0 Å². The highest BCUT2D eigenvalue weighted by molar-refractivity contribution is 6.30. The Morgan fingerprint density at radius 1 is 1.28 bits per heavy atom. The molecule has 18 heavy (non-hydrogen) atoms. The topological polar surface area (TPSA) is 38.0 Å². The summed E-state index contributed by atoms with van der Waals surface area (Å²) in [7, 11) is 0. The first-order chi connectivity index (χ1) is 8.58. The molecule has 0 aromatic heterocycles. The van der Waals surface area contributed by atoms with Gasteiger partial charge in [-0.05, 0) is 36.2 Å². The number of anilines is 2. The Morgan fingerprint density at radius 2 is 2.06 bits per heavy atom. The van der Waals surface area contributed by atoms with Gasteiger partial charge in [0.15, 0.2) is 0 Å². The molecule has 0 aliphatic carbocycles. The number of nitrogen functional groups attached to an aromatic ring is 1. The van der Waals surface area contributed by atoms with E-state index < -0.39 is 5.82 Å². The Bertz CT molecular complexity index is 570. The van der Waals surface area contributed by atoms with Crippen molar-refractivity contribution in [3.05, 3.63) is 58.4 Å². The molecule has 0 radical (unpaired) electrons. The lowest BCUT2D eigenvalue weighted by Gasteiger charge is -2.11. The third-order valence-electron chi connectivity index (χ3n) is 2.79. The smallest absolute Gasteiger partial charge is 0.141 e. The lowest BCUT2D eigenvalue weighted by molar-refractivity contribution is 0.627. The number of hydrogen-bond donors (Lipinski definition) is 2. The molecule has 2 rings (SSSR count). The molecule has 0 fully saturated rings. The summed E-state index contributed by atoms with van der Waals surface area (Å²) in [6.07, 6.45) is 0. The van der Waals surface area contributed by atoms with Crippen LogP contribution in [0.2, 0.25) is 5.02 Å². The van der Waals surface area contributed by atoms with E-state index in [9.17, 15) is 4.39 Å². The van der Waals surface area contributed by atoms with Crippen molar-refractivity contribution in [1.82, 2.24) is 0 Å². The van der Waals surface area contributed by atoms with E-state index in [0.29, 0.717) is 6.54 Å². The summed E-state index contributed by atoms with van der Waals surface area (Å²) >= 11 is 5.72. The SMILES string of the molecule is Cc1cccc(NCc2ccc(F)c(Cl)c2)c1N. The molecule has 0 aliphatic heterocycles. The number of hydrogen-bond acceptors (Lipinski definition) is 2. The van der Waals surface area contributed by atoms with E-state index in [1.807, 2.05) is 25.1 Å². The summed E-state index contributed by atoms with van der Waals surface area (Å²) in [4.78, 5) is 0. The van der Waals surface area contributed by atoms with Crippen molar-refractivity contribution in [2.75, 3.05) is 11.1 Å². The summed E-state index contributed by atoms with van der Waals surface area (Å²) in [6, 6.07) is 10.5. The fraction of sp³-hybridized carbons (Fsp3) is 0.143. The molecule has 0 unspecified atom stereocenters. The van der Waals surface area contributed by atoms with Crippen LogP contribution in [0.1, 0.15) is 11.1 Å². The number of para-hydroxylation sites is 1. The number of halogens is 2. The summed E-state index contributed by atoms with van der Waals surface area (Å²) < 4.78 is 13.0. The Morgan fingerprint density at radius 3 is 2.78 bits per heavy atom. The maximum Gasteiger partial charge on any atom is 0.141 e. The quantitative estimate of drug-likeness (QED) is 0.823. The zero-order chi connectivity index (χ0) is 13.1. The minimum absolute atomic E-state index is 0.131. The molecule has 3 N–H and O–H groups in total. The molecule has 2 aromatic rings. The molecule has 0 heterocycles. The Hall–Kier alpha value is -1.74. The van der Waals surface area contributed by atoms with Gasteiger partial charge in [-0.25, -0.2) is 4.39 Å². The average molecular weight is 265 g/mol. The van der Waals surface area contributed by atoms with Crippen LogP contribution < -0.4 is 11.1 Å². The largest absolute Gasteiger partial charge is 0.397 e. The zero-order valence-corrected chi connectivity index (χ0v) is 10.8. The van der Waals surface area contributed by atoms with Gasteiger partial charge in [0.25, 0.3) is 0 Å². The third-order valence-corrected chi connectivity index (χ3v) is 3.08. The van der Waals surface area contributed by atoms with Crippen molar-refractivity contribution in [3.63, 3.8) is 0 Å². The van der Waals surface area contributed by atoms with E-state index in [1.54, 1.807) is 12.1 Å². The molecular formula is C14H14ClFN2. The zero-order valence-electron chi connectivity index (χ0n) is 10.0. The van der Waals surface area contributed by atoms with Crippen molar-refractivity contribution >= 4 is 23.0 Å². The number of rotatable bonds is 3. The molecule has 0 atom stereocenters. The fourth-order valence-corrected chi connectivity index (χ4v) is 1.88. The van der Waals surface area contributed by atoms with Gasteiger partial charge < -0.3 is 11.1 Å². The van der Waals surface area contributed by atoms with Crippen molar-refractivity contribution in [1.29, 1.82) is 0 Å². The Kier molecular flexibility index (Phi) is 3.72. The van der Waals surface area contributed by atoms with Gasteiger partial charge in [0.05, 0.1) is 16.4 Å². The van der Waals surface area contributed by atoms with Gasteiger partial charge in [-0.15, -0.1) is 0 Å². The summed E-state index contributed by atoms with van der Waals surface area (Å²) in [6.45, 7) is 2.50.